The molecule has 1 aromatic carbocycles. The lowest BCUT2D eigenvalue weighted by atomic mass is 10.2. The van der Waals surface area contributed by atoms with Crippen molar-refractivity contribution in [2.75, 3.05) is 6.61 Å². The maximum absolute atomic E-state index is 9.42. The second-order valence-electron chi connectivity index (χ2n) is 3.19. The van der Waals surface area contributed by atoms with Crippen molar-refractivity contribution in [2.24, 2.45) is 0 Å². The Labute approximate surface area is 81.7 Å². The first-order valence-corrected chi connectivity index (χ1v) is 4.47. The van der Waals surface area contributed by atoms with Gasteiger partial charge in [-0.05, 0) is 12.1 Å². The van der Waals surface area contributed by atoms with Crippen LogP contribution in [0.2, 0.25) is 0 Å². The molecular formula is C10H12O4. The van der Waals surface area contributed by atoms with Gasteiger partial charge in [-0.1, -0.05) is 18.2 Å². The fourth-order valence-electron chi connectivity index (χ4n) is 1.31. The third-order valence-electron chi connectivity index (χ3n) is 2.10. The highest BCUT2D eigenvalue weighted by Crippen LogP contribution is 2.19. The van der Waals surface area contributed by atoms with Crippen LogP contribution in [0.4, 0.5) is 0 Å². The van der Waals surface area contributed by atoms with Gasteiger partial charge in [-0.15, -0.1) is 0 Å². The molecule has 0 bridgehead atoms. The summed E-state index contributed by atoms with van der Waals surface area (Å²) in [6.07, 6.45) is -2.61. The van der Waals surface area contributed by atoms with Gasteiger partial charge < -0.3 is 19.7 Å². The minimum Gasteiger partial charge on any atom is -0.462 e. The Hall–Kier alpha value is -1.10. The summed E-state index contributed by atoms with van der Waals surface area (Å²) in [7, 11) is 0. The van der Waals surface area contributed by atoms with Crippen molar-refractivity contribution < 1.29 is 19.7 Å². The summed E-state index contributed by atoms with van der Waals surface area (Å²) in [4.78, 5) is 0. The van der Waals surface area contributed by atoms with Crippen LogP contribution in [0.5, 0.6) is 5.75 Å². The van der Waals surface area contributed by atoms with Crippen LogP contribution in [-0.4, -0.2) is 35.3 Å². The number of para-hydroxylation sites is 1. The van der Waals surface area contributed by atoms with E-state index in [0.29, 0.717) is 5.75 Å². The average molecular weight is 196 g/mol. The number of rotatable bonds is 2. The highest BCUT2D eigenvalue weighted by Gasteiger charge is 2.36. The van der Waals surface area contributed by atoms with Crippen LogP contribution in [0.25, 0.3) is 0 Å². The van der Waals surface area contributed by atoms with Crippen molar-refractivity contribution in [1.82, 2.24) is 0 Å². The Bertz CT molecular complexity index is 287. The summed E-state index contributed by atoms with van der Waals surface area (Å²) in [5.41, 5.74) is 0. The predicted octanol–water partition coefficient (Wildman–Crippen LogP) is 0.144. The van der Waals surface area contributed by atoms with Crippen molar-refractivity contribution in [3.05, 3.63) is 30.3 Å². The largest absolute Gasteiger partial charge is 0.462 e. The molecule has 0 aromatic heterocycles. The first kappa shape index (κ1) is 9.45. The van der Waals surface area contributed by atoms with Gasteiger partial charge in [0.05, 0.1) is 6.61 Å². The van der Waals surface area contributed by atoms with Gasteiger partial charge in [0, 0.05) is 0 Å². The fraction of sp³-hybridized carbons (Fsp3) is 0.400. The van der Waals surface area contributed by atoms with Gasteiger partial charge in [0.25, 0.3) is 0 Å². The van der Waals surface area contributed by atoms with E-state index in [1.807, 2.05) is 18.2 Å². The SMILES string of the molecule is OC1CO[C@H](Oc2ccccc2)C1O. The lowest BCUT2D eigenvalue weighted by Crippen LogP contribution is -2.33. The van der Waals surface area contributed by atoms with Crippen LogP contribution in [0.15, 0.2) is 30.3 Å². The molecule has 0 amide bonds. The monoisotopic (exact) mass is 196 g/mol. The number of benzene rings is 1. The molecule has 0 spiro atoms. The minimum atomic E-state index is -0.977. The van der Waals surface area contributed by atoms with E-state index < -0.39 is 18.5 Å². The summed E-state index contributed by atoms with van der Waals surface area (Å²) in [6, 6.07) is 9.05. The van der Waals surface area contributed by atoms with E-state index in [1.165, 1.54) is 0 Å². The molecule has 1 aromatic rings. The second-order valence-corrected chi connectivity index (χ2v) is 3.19. The third kappa shape index (κ3) is 1.87. The second kappa shape index (κ2) is 3.96. The highest BCUT2D eigenvalue weighted by atomic mass is 16.7. The van der Waals surface area contributed by atoms with Gasteiger partial charge in [-0.2, -0.15) is 0 Å². The molecule has 1 aliphatic heterocycles. The minimum absolute atomic E-state index is 0.110. The van der Waals surface area contributed by atoms with Gasteiger partial charge >= 0.3 is 0 Å². The quantitative estimate of drug-likeness (QED) is 0.706. The summed E-state index contributed by atoms with van der Waals surface area (Å²) in [5.74, 6) is 0.616. The van der Waals surface area contributed by atoms with Crippen LogP contribution in [0.3, 0.4) is 0 Å². The number of aliphatic hydroxyl groups excluding tert-OH is 2. The van der Waals surface area contributed by atoms with Crippen molar-refractivity contribution in [3.8, 4) is 5.75 Å². The van der Waals surface area contributed by atoms with Crippen LogP contribution in [0, 0.1) is 0 Å². The molecule has 0 saturated carbocycles. The Morgan fingerprint density at radius 2 is 1.93 bits per heavy atom. The Morgan fingerprint density at radius 3 is 2.50 bits per heavy atom. The standard InChI is InChI=1S/C10H12O4/c11-8-6-13-10(9(8)12)14-7-4-2-1-3-5-7/h1-5,8-12H,6H2/t8?,9?,10-/m1/s1. The van der Waals surface area contributed by atoms with Gasteiger partial charge in [-0.25, -0.2) is 0 Å². The Kier molecular flexibility index (Phi) is 2.67. The molecule has 1 saturated heterocycles. The van der Waals surface area contributed by atoms with E-state index in [2.05, 4.69) is 0 Å². The molecule has 3 atom stereocenters. The Morgan fingerprint density at radius 1 is 1.21 bits per heavy atom. The van der Waals surface area contributed by atoms with Crippen molar-refractivity contribution in [2.45, 2.75) is 18.5 Å². The Balaban J connectivity index is 1.99. The van der Waals surface area contributed by atoms with Crippen molar-refractivity contribution in [3.63, 3.8) is 0 Å². The summed E-state index contributed by atoms with van der Waals surface area (Å²) in [5, 5.41) is 18.6. The molecule has 2 unspecified atom stereocenters. The van der Waals surface area contributed by atoms with Crippen LogP contribution in [0.1, 0.15) is 0 Å². The van der Waals surface area contributed by atoms with Crippen molar-refractivity contribution in [1.29, 1.82) is 0 Å². The van der Waals surface area contributed by atoms with E-state index in [4.69, 9.17) is 9.47 Å². The molecule has 14 heavy (non-hydrogen) atoms. The van der Waals surface area contributed by atoms with Gasteiger partial charge in [0.1, 0.15) is 18.0 Å². The number of hydrogen-bond donors (Lipinski definition) is 2. The molecule has 4 heteroatoms. The molecule has 2 rings (SSSR count). The molecule has 4 nitrogen and oxygen atoms in total. The molecule has 1 aliphatic rings. The molecule has 2 N–H and O–H groups in total. The van der Waals surface area contributed by atoms with Gasteiger partial charge in [0.15, 0.2) is 0 Å². The lowest BCUT2D eigenvalue weighted by Gasteiger charge is -2.16. The number of aliphatic hydroxyl groups is 2. The highest BCUT2D eigenvalue weighted by molar-refractivity contribution is 5.21. The summed E-state index contributed by atoms with van der Waals surface area (Å²) < 4.78 is 10.4. The molecular weight excluding hydrogens is 184 g/mol. The number of ether oxygens (including phenoxy) is 2. The molecule has 0 aliphatic carbocycles. The van der Waals surface area contributed by atoms with Crippen molar-refractivity contribution >= 4 is 0 Å². The molecule has 0 radical (unpaired) electrons. The first-order chi connectivity index (χ1) is 6.77. The summed E-state index contributed by atoms with van der Waals surface area (Å²) in [6.45, 7) is 0.110. The predicted molar refractivity (Wildman–Crippen MR) is 48.8 cm³/mol. The lowest BCUT2D eigenvalue weighted by molar-refractivity contribution is -0.0934. The normalized spacial score (nSPS) is 31.7. The topological polar surface area (TPSA) is 58.9 Å². The van der Waals surface area contributed by atoms with E-state index in [0.717, 1.165) is 0 Å². The molecule has 1 heterocycles. The molecule has 76 valence electrons. The summed E-state index contributed by atoms with van der Waals surface area (Å²) >= 11 is 0. The van der Waals surface area contributed by atoms with Crippen LogP contribution < -0.4 is 4.74 Å². The van der Waals surface area contributed by atoms with Crippen LogP contribution >= 0.6 is 0 Å². The maximum atomic E-state index is 9.42. The molecule has 1 fully saturated rings. The maximum Gasteiger partial charge on any atom is 0.228 e. The average Bonchev–Trinajstić information content (AvgIpc) is 2.52. The van der Waals surface area contributed by atoms with E-state index in [1.54, 1.807) is 12.1 Å². The van der Waals surface area contributed by atoms with Gasteiger partial charge in [0.2, 0.25) is 6.29 Å². The zero-order chi connectivity index (χ0) is 9.97. The van der Waals surface area contributed by atoms with E-state index >= 15 is 0 Å². The smallest absolute Gasteiger partial charge is 0.228 e. The van der Waals surface area contributed by atoms with Gasteiger partial charge in [-0.3, -0.25) is 0 Å². The van der Waals surface area contributed by atoms with E-state index in [-0.39, 0.29) is 6.61 Å². The third-order valence-corrected chi connectivity index (χ3v) is 2.10. The zero-order valence-corrected chi connectivity index (χ0v) is 7.54. The first-order valence-electron chi connectivity index (χ1n) is 4.47. The number of hydrogen-bond acceptors (Lipinski definition) is 4. The van der Waals surface area contributed by atoms with E-state index in [9.17, 15) is 10.2 Å². The van der Waals surface area contributed by atoms with Crippen LogP contribution in [-0.2, 0) is 4.74 Å². The zero-order valence-electron chi connectivity index (χ0n) is 7.54. The fourth-order valence-corrected chi connectivity index (χ4v) is 1.31.